The van der Waals surface area contributed by atoms with E-state index in [9.17, 15) is 4.39 Å². The van der Waals surface area contributed by atoms with Gasteiger partial charge >= 0.3 is 0 Å². The Labute approximate surface area is 101 Å². The van der Waals surface area contributed by atoms with Gasteiger partial charge in [0.05, 0.1) is 11.0 Å². The van der Waals surface area contributed by atoms with Gasteiger partial charge < -0.3 is 5.73 Å². The van der Waals surface area contributed by atoms with Crippen LogP contribution in [0, 0.1) is 12.7 Å². The summed E-state index contributed by atoms with van der Waals surface area (Å²) in [5.74, 6) is 0.265. The second-order valence-corrected chi connectivity index (χ2v) is 4.50. The summed E-state index contributed by atoms with van der Waals surface area (Å²) in [6, 6.07) is 4.90. The van der Waals surface area contributed by atoms with Crippen molar-refractivity contribution in [1.82, 2.24) is 9.78 Å². The van der Waals surface area contributed by atoms with E-state index < -0.39 is 0 Å². The Bertz CT molecular complexity index is 502. The number of rotatable bonds is 2. The summed E-state index contributed by atoms with van der Waals surface area (Å²) < 4.78 is 15.2. The largest absolute Gasteiger partial charge is 0.382 e. The third-order valence-electron chi connectivity index (χ3n) is 2.31. The van der Waals surface area contributed by atoms with E-state index in [-0.39, 0.29) is 5.82 Å². The highest BCUT2D eigenvalue weighted by Gasteiger charge is 2.04. The van der Waals surface area contributed by atoms with Crippen molar-refractivity contribution in [2.45, 2.75) is 13.5 Å². The molecule has 5 heteroatoms. The van der Waals surface area contributed by atoms with Gasteiger partial charge in [-0.05, 0) is 40.5 Å². The molecule has 1 heterocycles. The van der Waals surface area contributed by atoms with Crippen LogP contribution in [0.2, 0.25) is 0 Å². The second-order valence-electron chi connectivity index (χ2n) is 3.64. The smallest absolute Gasteiger partial charge is 0.148 e. The topological polar surface area (TPSA) is 43.8 Å². The summed E-state index contributed by atoms with van der Waals surface area (Å²) in [7, 11) is 0. The Hall–Kier alpha value is -1.36. The normalized spacial score (nSPS) is 10.7. The number of nitrogens with zero attached hydrogens (tertiary/aromatic N) is 2. The van der Waals surface area contributed by atoms with Gasteiger partial charge in [0.1, 0.15) is 11.6 Å². The predicted octanol–water partition coefficient (Wildman–Crippen LogP) is 2.72. The van der Waals surface area contributed by atoms with Crippen molar-refractivity contribution < 1.29 is 4.39 Å². The number of aromatic nitrogens is 2. The molecule has 1 aromatic heterocycles. The summed E-state index contributed by atoms with van der Waals surface area (Å²) in [5.41, 5.74) is 7.56. The highest BCUT2D eigenvalue weighted by Crippen LogP contribution is 2.18. The Morgan fingerprint density at radius 3 is 2.81 bits per heavy atom. The number of benzene rings is 1. The molecule has 1 aromatic carbocycles. The first-order valence-corrected chi connectivity index (χ1v) is 5.59. The first kappa shape index (κ1) is 11.1. The highest BCUT2D eigenvalue weighted by molar-refractivity contribution is 9.10. The summed E-state index contributed by atoms with van der Waals surface area (Å²) in [6.45, 7) is 2.48. The van der Waals surface area contributed by atoms with Crippen LogP contribution < -0.4 is 5.73 Å². The first-order valence-electron chi connectivity index (χ1n) is 4.79. The van der Waals surface area contributed by atoms with Crippen molar-refractivity contribution in [2.75, 3.05) is 5.73 Å². The maximum atomic E-state index is 13.0. The van der Waals surface area contributed by atoms with Crippen LogP contribution in [0.15, 0.2) is 28.9 Å². The van der Waals surface area contributed by atoms with Gasteiger partial charge in [-0.15, -0.1) is 0 Å². The van der Waals surface area contributed by atoms with Gasteiger partial charge in [-0.3, -0.25) is 4.68 Å². The van der Waals surface area contributed by atoms with Gasteiger partial charge in [0.25, 0.3) is 0 Å². The fraction of sp³-hybridized carbons (Fsp3) is 0.182. The zero-order valence-corrected chi connectivity index (χ0v) is 10.3. The van der Waals surface area contributed by atoms with E-state index in [2.05, 4.69) is 21.0 Å². The van der Waals surface area contributed by atoms with E-state index in [1.54, 1.807) is 16.8 Å². The van der Waals surface area contributed by atoms with E-state index in [0.29, 0.717) is 16.8 Å². The number of hydrogen-bond donors (Lipinski definition) is 1. The van der Waals surface area contributed by atoms with Gasteiger partial charge in [-0.1, -0.05) is 6.07 Å². The average Bonchev–Trinajstić information content (AvgIpc) is 2.52. The summed E-state index contributed by atoms with van der Waals surface area (Å²) in [5, 5.41) is 4.14. The fourth-order valence-electron chi connectivity index (χ4n) is 1.44. The third-order valence-corrected chi connectivity index (χ3v) is 2.92. The Morgan fingerprint density at radius 2 is 2.25 bits per heavy atom. The van der Waals surface area contributed by atoms with E-state index in [1.807, 2.05) is 13.1 Å². The Kier molecular flexibility index (Phi) is 2.96. The molecule has 0 atom stereocenters. The summed E-state index contributed by atoms with van der Waals surface area (Å²) in [6.07, 6.45) is 1.87. The summed E-state index contributed by atoms with van der Waals surface area (Å²) >= 11 is 3.15. The predicted molar refractivity (Wildman–Crippen MR) is 64.6 cm³/mol. The van der Waals surface area contributed by atoms with Gasteiger partial charge in [0.2, 0.25) is 0 Å². The molecule has 0 amide bonds. The van der Waals surface area contributed by atoms with Crippen molar-refractivity contribution in [3.63, 3.8) is 0 Å². The van der Waals surface area contributed by atoms with Gasteiger partial charge in [-0.25, -0.2) is 4.39 Å². The molecule has 16 heavy (non-hydrogen) atoms. The van der Waals surface area contributed by atoms with E-state index in [4.69, 9.17) is 5.73 Å². The molecule has 0 saturated heterocycles. The lowest BCUT2D eigenvalue weighted by molar-refractivity contribution is 0.617. The third kappa shape index (κ3) is 2.24. The van der Waals surface area contributed by atoms with Crippen LogP contribution in [0.1, 0.15) is 11.1 Å². The minimum absolute atomic E-state index is 0.264. The van der Waals surface area contributed by atoms with E-state index in [0.717, 1.165) is 11.1 Å². The van der Waals surface area contributed by atoms with Crippen LogP contribution >= 0.6 is 15.9 Å². The fourth-order valence-corrected chi connectivity index (χ4v) is 1.87. The molecule has 0 radical (unpaired) electrons. The monoisotopic (exact) mass is 283 g/mol. The molecule has 0 spiro atoms. The molecule has 3 nitrogen and oxygen atoms in total. The van der Waals surface area contributed by atoms with Crippen molar-refractivity contribution >= 4 is 21.7 Å². The molecule has 2 N–H and O–H groups in total. The molecule has 84 valence electrons. The number of anilines is 1. The number of aryl methyl sites for hydroxylation is 1. The second kappa shape index (κ2) is 4.25. The lowest BCUT2D eigenvalue weighted by Crippen LogP contribution is -2.01. The lowest BCUT2D eigenvalue weighted by Gasteiger charge is -2.03. The zero-order valence-electron chi connectivity index (χ0n) is 8.74. The molecule has 0 unspecified atom stereocenters. The maximum absolute atomic E-state index is 13.0. The van der Waals surface area contributed by atoms with Gasteiger partial charge in [0.15, 0.2) is 0 Å². The zero-order chi connectivity index (χ0) is 11.7. The van der Waals surface area contributed by atoms with E-state index >= 15 is 0 Å². The van der Waals surface area contributed by atoms with Gasteiger partial charge in [-0.2, -0.15) is 5.10 Å². The van der Waals surface area contributed by atoms with Crippen LogP contribution in [0.4, 0.5) is 10.2 Å². The minimum Gasteiger partial charge on any atom is -0.382 e. The van der Waals surface area contributed by atoms with Crippen LogP contribution in [0.3, 0.4) is 0 Å². The van der Waals surface area contributed by atoms with Crippen molar-refractivity contribution in [3.8, 4) is 0 Å². The molecule has 0 bridgehead atoms. The lowest BCUT2D eigenvalue weighted by atomic mass is 10.2. The molecule has 0 aliphatic heterocycles. The first-order chi connectivity index (χ1) is 7.56. The van der Waals surface area contributed by atoms with Crippen LogP contribution in [0.25, 0.3) is 0 Å². The Morgan fingerprint density at radius 1 is 1.50 bits per heavy atom. The molecule has 0 aliphatic rings. The van der Waals surface area contributed by atoms with Crippen molar-refractivity contribution in [3.05, 3.63) is 45.8 Å². The number of hydrogen-bond acceptors (Lipinski definition) is 2. The number of nitrogen functional groups attached to an aromatic ring is 1. The molecule has 0 aliphatic carbocycles. The van der Waals surface area contributed by atoms with Crippen LogP contribution in [-0.4, -0.2) is 9.78 Å². The molecule has 0 saturated carbocycles. The average molecular weight is 284 g/mol. The number of halogens is 2. The summed E-state index contributed by atoms with van der Waals surface area (Å²) in [4.78, 5) is 0. The van der Waals surface area contributed by atoms with Crippen molar-refractivity contribution in [2.24, 2.45) is 0 Å². The molecule has 0 fully saturated rings. The molecule has 2 aromatic rings. The molecular weight excluding hydrogens is 273 g/mol. The van der Waals surface area contributed by atoms with Crippen LogP contribution in [0.5, 0.6) is 0 Å². The SMILES string of the molecule is Cc1cn(Cc2ccc(F)c(Br)c2)nc1N. The Balaban J connectivity index is 2.23. The highest BCUT2D eigenvalue weighted by atomic mass is 79.9. The van der Waals surface area contributed by atoms with Gasteiger partial charge in [0, 0.05) is 11.8 Å². The quantitative estimate of drug-likeness (QED) is 0.921. The molecule has 2 rings (SSSR count). The van der Waals surface area contributed by atoms with Crippen molar-refractivity contribution in [1.29, 1.82) is 0 Å². The standard InChI is InChI=1S/C11H11BrFN3/c1-7-5-16(15-11(7)14)6-8-2-3-10(13)9(12)4-8/h2-5H,6H2,1H3,(H2,14,15). The molecular formula is C11H11BrFN3. The minimum atomic E-state index is -0.264. The maximum Gasteiger partial charge on any atom is 0.148 e. The van der Waals surface area contributed by atoms with E-state index in [1.165, 1.54) is 6.07 Å². The van der Waals surface area contributed by atoms with Crippen LogP contribution in [-0.2, 0) is 6.54 Å². The number of nitrogens with two attached hydrogens (primary N) is 1.